The summed E-state index contributed by atoms with van der Waals surface area (Å²) in [6.07, 6.45) is 1.25. The number of hydrogen-bond donors (Lipinski definition) is 0. The summed E-state index contributed by atoms with van der Waals surface area (Å²) in [4.78, 5) is 17.8. The van der Waals surface area contributed by atoms with E-state index in [-0.39, 0.29) is 11.3 Å². The van der Waals surface area contributed by atoms with Crippen LogP contribution in [0.4, 0.5) is 4.79 Å². The predicted molar refractivity (Wildman–Crippen MR) is 96.2 cm³/mol. The minimum atomic E-state index is -0.240. The summed E-state index contributed by atoms with van der Waals surface area (Å²) in [5, 5.41) is 3.96. The largest absolute Gasteiger partial charge is 0.496 e. The van der Waals surface area contributed by atoms with E-state index in [1.807, 2.05) is 19.1 Å². The van der Waals surface area contributed by atoms with Crippen LogP contribution < -0.4 is 4.74 Å². The molecule has 0 saturated carbocycles. The van der Waals surface area contributed by atoms with Gasteiger partial charge in [-0.15, -0.1) is 0 Å². The number of nitrogens with zero attached hydrogens (tertiary/aromatic N) is 2. The number of oxime groups is 1. The molecule has 0 aliphatic carbocycles. The lowest BCUT2D eigenvalue weighted by molar-refractivity contribution is 0.158. The summed E-state index contributed by atoms with van der Waals surface area (Å²) in [7, 11) is 3.01. The predicted octanol–water partition coefficient (Wildman–Crippen LogP) is 3.13. The van der Waals surface area contributed by atoms with Gasteiger partial charge in [-0.2, -0.15) is 0 Å². The second kappa shape index (κ2) is 9.19. The molecule has 25 heavy (non-hydrogen) atoms. The van der Waals surface area contributed by atoms with E-state index >= 15 is 0 Å². The van der Waals surface area contributed by atoms with Crippen LogP contribution in [0.3, 0.4) is 0 Å². The van der Waals surface area contributed by atoms with Gasteiger partial charge in [0, 0.05) is 18.5 Å². The molecule has 1 aromatic carbocycles. The Balaban J connectivity index is 2.04. The van der Waals surface area contributed by atoms with Crippen molar-refractivity contribution in [3.05, 3.63) is 28.8 Å². The fourth-order valence-electron chi connectivity index (χ4n) is 2.55. The van der Waals surface area contributed by atoms with Crippen LogP contribution in [-0.2, 0) is 9.57 Å². The molecule has 0 atom stereocenters. The first-order valence-corrected chi connectivity index (χ1v) is 8.30. The van der Waals surface area contributed by atoms with E-state index < -0.39 is 0 Å². The molecule has 0 N–H and O–H groups in total. The molecule has 2 rings (SSSR count). The van der Waals surface area contributed by atoms with Crippen molar-refractivity contribution in [3.8, 4) is 17.6 Å². The van der Waals surface area contributed by atoms with E-state index in [0.29, 0.717) is 37.4 Å². The van der Waals surface area contributed by atoms with Crippen LogP contribution in [-0.4, -0.2) is 50.1 Å². The monoisotopic (exact) mass is 364 g/mol. The molecule has 0 spiro atoms. The van der Waals surface area contributed by atoms with Crippen molar-refractivity contribution in [2.75, 3.05) is 33.9 Å². The molecule has 1 heterocycles. The second-order valence-corrected chi connectivity index (χ2v) is 5.80. The van der Waals surface area contributed by atoms with Crippen LogP contribution in [0.15, 0.2) is 17.3 Å². The highest BCUT2D eigenvalue weighted by Gasteiger charge is 2.20. The van der Waals surface area contributed by atoms with Crippen molar-refractivity contribution in [3.63, 3.8) is 0 Å². The zero-order valence-electron chi connectivity index (χ0n) is 14.6. The van der Waals surface area contributed by atoms with E-state index in [4.69, 9.17) is 25.9 Å². The van der Waals surface area contributed by atoms with Gasteiger partial charge in [0.25, 0.3) is 0 Å². The first-order chi connectivity index (χ1) is 12.1. The first kappa shape index (κ1) is 18.9. The van der Waals surface area contributed by atoms with Crippen LogP contribution in [0.25, 0.3) is 0 Å². The summed E-state index contributed by atoms with van der Waals surface area (Å²) in [6, 6.07) is 3.76. The highest BCUT2D eigenvalue weighted by molar-refractivity contribution is 6.69. The maximum Gasteiger partial charge on any atom is 0.409 e. The first-order valence-electron chi connectivity index (χ1n) is 7.93. The van der Waals surface area contributed by atoms with Gasteiger partial charge in [0.2, 0.25) is 0 Å². The summed E-state index contributed by atoms with van der Waals surface area (Å²) >= 11 is 6.15. The second-order valence-electron chi connectivity index (χ2n) is 5.45. The lowest BCUT2D eigenvalue weighted by Crippen LogP contribution is -2.25. The van der Waals surface area contributed by atoms with Crippen molar-refractivity contribution in [2.24, 2.45) is 5.16 Å². The Labute approximate surface area is 152 Å². The Morgan fingerprint density at radius 1 is 1.44 bits per heavy atom. The third-order valence-electron chi connectivity index (χ3n) is 3.68. The molecule has 1 fully saturated rings. The number of carbonyl (C=O) groups is 1. The average molecular weight is 365 g/mol. The normalized spacial score (nSPS) is 14.0. The number of amides is 1. The van der Waals surface area contributed by atoms with Crippen molar-refractivity contribution >= 4 is 22.9 Å². The zero-order valence-corrected chi connectivity index (χ0v) is 15.4. The van der Waals surface area contributed by atoms with E-state index in [2.05, 4.69) is 17.0 Å². The molecule has 6 nitrogen and oxygen atoms in total. The van der Waals surface area contributed by atoms with Gasteiger partial charge >= 0.3 is 6.09 Å². The zero-order chi connectivity index (χ0) is 18.2. The molecule has 1 aromatic rings. The lowest BCUT2D eigenvalue weighted by Gasteiger charge is -2.11. The molecule has 1 aliphatic rings. The number of methoxy groups -OCH3 is 1. The van der Waals surface area contributed by atoms with Crippen molar-refractivity contribution in [2.45, 2.75) is 19.8 Å². The van der Waals surface area contributed by atoms with Gasteiger partial charge in [0.1, 0.15) is 19.5 Å². The maximum atomic E-state index is 11.3. The standard InChI is InChI=1S/C18H21ClN2O4/c1-13-11-14(12-15(16(13)23-2)17(19)20-24-3)7-5-4-6-8-21-9-10-25-18(21)22/h11-12H,4,6,8-10H2,1-3H3. The lowest BCUT2D eigenvalue weighted by atomic mass is 10.1. The molecule has 0 radical (unpaired) electrons. The molecule has 1 amide bonds. The van der Waals surface area contributed by atoms with Crippen LogP contribution in [0.5, 0.6) is 5.75 Å². The summed E-state index contributed by atoms with van der Waals surface area (Å²) in [5.74, 6) is 6.88. The summed E-state index contributed by atoms with van der Waals surface area (Å²) < 4.78 is 10.3. The molecular formula is C18H21ClN2O4. The topological polar surface area (TPSA) is 60.4 Å². The number of hydrogen-bond acceptors (Lipinski definition) is 5. The van der Waals surface area contributed by atoms with Gasteiger partial charge in [0.15, 0.2) is 5.17 Å². The Kier molecular flexibility index (Phi) is 6.96. The number of cyclic esters (lactones) is 1. The molecular weight excluding hydrogens is 344 g/mol. The molecule has 0 aromatic heterocycles. The van der Waals surface area contributed by atoms with E-state index in [0.717, 1.165) is 17.5 Å². The van der Waals surface area contributed by atoms with Crippen LogP contribution in [0.2, 0.25) is 0 Å². The van der Waals surface area contributed by atoms with Gasteiger partial charge in [-0.3, -0.25) is 0 Å². The van der Waals surface area contributed by atoms with Gasteiger partial charge in [-0.25, -0.2) is 4.79 Å². The minimum Gasteiger partial charge on any atom is -0.496 e. The Morgan fingerprint density at radius 3 is 2.88 bits per heavy atom. The van der Waals surface area contributed by atoms with Gasteiger partial charge < -0.3 is 19.2 Å². The van der Waals surface area contributed by atoms with Crippen molar-refractivity contribution < 1.29 is 19.1 Å². The number of halogens is 1. The van der Waals surface area contributed by atoms with E-state index in [1.165, 1.54) is 7.11 Å². The molecule has 134 valence electrons. The number of rotatable bonds is 6. The average Bonchev–Trinajstić information content (AvgIpc) is 2.99. The van der Waals surface area contributed by atoms with Crippen LogP contribution in [0.1, 0.15) is 29.5 Å². The van der Waals surface area contributed by atoms with Gasteiger partial charge in [0.05, 0.1) is 19.2 Å². The third kappa shape index (κ3) is 5.04. The van der Waals surface area contributed by atoms with Crippen LogP contribution in [0, 0.1) is 18.8 Å². The van der Waals surface area contributed by atoms with Gasteiger partial charge in [-0.1, -0.05) is 28.6 Å². The fraction of sp³-hybridized carbons (Fsp3) is 0.444. The molecule has 0 bridgehead atoms. The molecule has 1 aliphatic heterocycles. The number of unbranched alkanes of at least 4 members (excludes halogenated alkanes) is 1. The smallest absolute Gasteiger partial charge is 0.409 e. The Bertz CT molecular complexity index is 722. The quantitative estimate of drug-likeness (QED) is 0.337. The molecule has 0 unspecified atom stereocenters. The van der Waals surface area contributed by atoms with Crippen molar-refractivity contribution in [1.82, 2.24) is 4.90 Å². The fourth-order valence-corrected chi connectivity index (χ4v) is 2.76. The Hall–Kier alpha value is -2.39. The van der Waals surface area contributed by atoms with Crippen molar-refractivity contribution in [1.29, 1.82) is 0 Å². The number of benzene rings is 1. The van der Waals surface area contributed by atoms with E-state index in [9.17, 15) is 4.79 Å². The SMILES string of the molecule is CON=C(Cl)c1cc(C#CCCCN2CCOC2=O)cc(C)c1OC. The highest BCUT2D eigenvalue weighted by Crippen LogP contribution is 2.27. The van der Waals surface area contributed by atoms with Gasteiger partial charge in [-0.05, 0) is 31.0 Å². The highest BCUT2D eigenvalue weighted by atomic mass is 35.5. The van der Waals surface area contributed by atoms with Crippen LogP contribution >= 0.6 is 11.6 Å². The summed E-state index contributed by atoms with van der Waals surface area (Å²) in [6.45, 7) is 3.71. The number of ether oxygens (including phenoxy) is 2. The minimum absolute atomic E-state index is 0.207. The number of aryl methyl sites for hydroxylation is 1. The Morgan fingerprint density at radius 2 is 2.24 bits per heavy atom. The maximum absolute atomic E-state index is 11.3. The summed E-state index contributed by atoms with van der Waals surface area (Å²) in [5.41, 5.74) is 2.36. The van der Waals surface area contributed by atoms with E-state index in [1.54, 1.807) is 12.0 Å². The molecule has 1 saturated heterocycles. The molecule has 7 heteroatoms. The number of carbonyl (C=O) groups excluding carboxylic acids is 1. The third-order valence-corrected chi connectivity index (χ3v) is 3.95.